The van der Waals surface area contributed by atoms with Gasteiger partial charge in [-0.3, -0.25) is 4.79 Å². The average Bonchev–Trinajstić information content (AvgIpc) is 3.12. The number of amides is 1. The maximum Gasteiger partial charge on any atom is 0.251 e. The molecule has 27 heavy (non-hydrogen) atoms. The van der Waals surface area contributed by atoms with Crippen molar-refractivity contribution >= 4 is 22.6 Å². The number of hydrogen-bond donors (Lipinski definition) is 2. The number of H-pyrrole nitrogens is 1. The van der Waals surface area contributed by atoms with Gasteiger partial charge in [-0.1, -0.05) is 25.5 Å². The van der Waals surface area contributed by atoms with Crippen molar-refractivity contribution in [3.63, 3.8) is 0 Å². The molecule has 0 unspecified atom stereocenters. The van der Waals surface area contributed by atoms with E-state index in [1.165, 1.54) is 12.8 Å². The molecule has 0 aliphatic carbocycles. The predicted octanol–water partition coefficient (Wildman–Crippen LogP) is 4.16. The topological polar surface area (TPSA) is 61.0 Å². The zero-order chi connectivity index (χ0) is 19.1. The Hall–Kier alpha value is -2.82. The Morgan fingerprint density at radius 3 is 2.63 bits per heavy atom. The molecule has 0 aliphatic heterocycles. The quantitative estimate of drug-likeness (QED) is 0.561. The Bertz CT molecular complexity index is 836. The molecule has 0 atom stereocenters. The van der Waals surface area contributed by atoms with Crippen LogP contribution < -0.4 is 10.2 Å². The van der Waals surface area contributed by atoms with E-state index >= 15 is 0 Å². The zero-order valence-corrected chi connectivity index (χ0v) is 16.2. The largest absolute Gasteiger partial charge is 0.375 e. The second-order valence-electron chi connectivity index (χ2n) is 6.88. The van der Waals surface area contributed by atoms with Crippen molar-refractivity contribution in [2.45, 2.75) is 32.6 Å². The fourth-order valence-corrected chi connectivity index (χ4v) is 3.08. The molecule has 0 bridgehead atoms. The molecule has 1 aromatic heterocycles. The highest BCUT2D eigenvalue weighted by molar-refractivity contribution is 5.94. The summed E-state index contributed by atoms with van der Waals surface area (Å²) in [6.45, 7) is 3.85. The van der Waals surface area contributed by atoms with Crippen LogP contribution in [-0.2, 0) is 6.42 Å². The Kier molecular flexibility index (Phi) is 6.47. The minimum Gasteiger partial charge on any atom is -0.375 e. The van der Waals surface area contributed by atoms with Gasteiger partial charge in [0, 0.05) is 37.8 Å². The van der Waals surface area contributed by atoms with Crippen molar-refractivity contribution in [1.29, 1.82) is 0 Å². The number of aromatic nitrogens is 2. The lowest BCUT2D eigenvalue weighted by Gasteiger charge is -2.19. The number of carbonyl (C=O) groups is 1. The van der Waals surface area contributed by atoms with Crippen molar-refractivity contribution in [2.24, 2.45) is 0 Å². The fraction of sp³-hybridized carbons (Fsp3) is 0.364. The summed E-state index contributed by atoms with van der Waals surface area (Å²) in [6.07, 6.45) is 4.02. The van der Waals surface area contributed by atoms with Gasteiger partial charge < -0.3 is 15.2 Å². The molecule has 0 saturated carbocycles. The van der Waals surface area contributed by atoms with Crippen molar-refractivity contribution in [2.75, 3.05) is 25.0 Å². The van der Waals surface area contributed by atoms with Gasteiger partial charge in [0.15, 0.2) is 0 Å². The number of imidazole rings is 1. The summed E-state index contributed by atoms with van der Waals surface area (Å²) >= 11 is 0. The number of fused-ring (bicyclic) bond motifs is 1. The van der Waals surface area contributed by atoms with Crippen LogP contribution in [0.3, 0.4) is 0 Å². The van der Waals surface area contributed by atoms with Crippen LogP contribution in [0.1, 0.15) is 42.4 Å². The van der Waals surface area contributed by atoms with Crippen LogP contribution >= 0.6 is 0 Å². The maximum absolute atomic E-state index is 12.3. The molecule has 0 saturated heterocycles. The second-order valence-corrected chi connectivity index (χ2v) is 6.88. The number of aryl methyl sites for hydroxylation is 1. The highest BCUT2D eigenvalue weighted by atomic mass is 16.1. The van der Waals surface area contributed by atoms with Gasteiger partial charge in [0.05, 0.1) is 11.0 Å². The van der Waals surface area contributed by atoms with Crippen LogP contribution in [0.4, 0.5) is 5.69 Å². The fourth-order valence-electron chi connectivity index (χ4n) is 3.08. The molecular formula is C22H28N4O. The van der Waals surface area contributed by atoms with Gasteiger partial charge in [0.2, 0.25) is 0 Å². The zero-order valence-electron chi connectivity index (χ0n) is 16.2. The molecule has 2 N–H and O–H groups in total. The van der Waals surface area contributed by atoms with Crippen molar-refractivity contribution in [3.8, 4) is 0 Å². The van der Waals surface area contributed by atoms with E-state index in [1.807, 2.05) is 48.5 Å². The first-order chi connectivity index (χ1) is 13.2. The summed E-state index contributed by atoms with van der Waals surface area (Å²) in [5.74, 6) is 0.937. The minimum atomic E-state index is -0.0256. The van der Waals surface area contributed by atoms with Gasteiger partial charge in [-0.25, -0.2) is 4.98 Å². The van der Waals surface area contributed by atoms with Crippen LogP contribution in [0, 0.1) is 0 Å². The first-order valence-corrected chi connectivity index (χ1v) is 9.70. The summed E-state index contributed by atoms with van der Waals surface area (Å²) in [5.41, 5.74) is 3.89. The lowest BCUT2D eigenvalue weighted by atomic mass is 10.1. The lowest BCUT2D eigenvalue weighted by molar-refractivity contribution is 0.0953. The molecular weight excluding hydrogens is 336 g/mol. The van der Waals surface area contributed by atoms with Crippen molar-refractivity contribution < 1.29 is 4.79 Å². The van der Waals surface area contributed by atoms with Crippen LogP contribution in [0.15, 0.2) is 48.5 Å². The molecule has 0 aliphatic rings. The van der Waals surface area contributed by atoms with Crippen LogP contribution in [0.5, 0.6) is 0 Å². The van der Waals surface area contributed by atoms with Gasteiger partial charge >= 0.3 is 0 Å². The number of anilines is 1. The summed E-state index contributed by atoms with van der Waals surface area (Å²) in [6, 6.07) is 15.8. The SMILES string of the molecule is CCCCN(C)c1ccc(C(=O)NCCCc2nc3ccccc3[nH]2)cc1. The van der Waals surface area contributed by atoms with Crippen LogP contribution in [0.25, 0.3) is 11.0 Å². The Morgan fingerprint density at radius 2 is 1.89 bits per heavy atom. The number of carbonyl (C=O) groups excluding carboxylic acids is 1. The third kappa shape index (κ3) is 5.09. The molecule has 3 aromatic rings. The molecule has 1 amide bonds. The number of unbranched alkanes of at least 4 members (excludes halogenated alkanes) is 1. The average molecular weight is 364 g/mol. The van der Waals surface area contributed by atoms with Gasteiger partial charge in [0.1, 0.15) is 5.82 Å². The van der Waals surface area contributed by atoms with Gasteiger partial charge in [0.25, 0.3) is 5.91 Å². The molecule has 0 spiro atoms. The molecule has 3 rings (SSSR count). The smallest absolute Gasteiger partial charge is 0.251 e. The van der Waals surface area contributed by atoms with Gasteiger partial charge in [-0.05, 0) is 49.2 Å². The van der Waals surface area contributed by atoms with E-state index in [0.29, 0.717) is 12.1 Å². The molecule has 0 fully saturated rings. The second kappa shape index (κ2) is 9.21. The lowest BCUT2D eigenvalue weighted by Crippen LogP contribution is -2.25. The summed E-state index contributed by atoms with van der Waals surface area (Å²) < 4.78 is 0. The number of rotatable bonds is 9. The normalized spacial score (nSPS) is 10.9. The Balaban J connectivity index is 1.44. The molecule has 1 heterocycles. The number of nitrogens with zero attached hydrogens (tertiary/aromatic N) is 2. The first-order valence-electron chi connectivity index (χ1n) is 9.70. The van der Waals surface area contributed by atoms with E-state index in [1.54, 1.807) is 0 Å². The first kappa shape index (κ1) is 19.0. The highest BCUT2D eigenvalue weighted by Crippen LogP contribution is 2.15. The predicted molar refractivity (Wildman–Crippen MR) is 111 cm³/mol. The monoisotopic (exact) mass is 364 g/mol. The van der Waals surface area contributed by atoms with E-state index in [9.17, 15) is 4.79 Å². The van der Waals surface area contributed by atoms with Gasteiger partial charge in [-0.15, -0.1) is 0 Å². The third-order valence-electron chi connectivity index (χ3n) is 4.73. The molecule has 5 heteroatoms. The minimum absolute atomic E-state index is 0.0256. The van der Waals surface area contributed by atoms with Crippen molar-refractivity contribution in [1.82, 2.24) is 15.3 Å². The number of nitrogens with one attached hydrogen (secondary N) is 2. The highest BCUT2D eigenvalue weighted by Gasteiger charge is 2.07. The van der Waals surface area contributed by atoms with E-state index in [2.05, 4.69) is 34.2 Å². The van der Waals surface area contributed by atoms with E-state index in [-0.39, 0.29) is 5.91 Å². The molecule has 0 radical (unpaired) electrons. The number of para-hydroxylation sites is 2. The number of benzene rings is 2. The maximum atomic E-state index is 12.3. The van der Waals surface area contributed by atoms with Gasteiger partial charge in [-0.2, -0.15) is 0 Å². The standard InChI is InChI=1S/C22H28N4O/c1-3-4-16-26(2)18-13-11-17(12-14-18)22(27)23-15-7-10-21-24-19-8-5-6-9-20(19)25-21/h5-6,8-9,11-14H,3-4,7,10,15-16H2,1-2H3,(H,23,27)(H,24,25). The van der Waals surface area contributed by atoms with E-state index in [0.717, 1.165) is 41.9 Å². The molecule has 5 nitrogen and oxygen atoms in total. The Morgan fingerprint density at radius 1 is 1.11 bits per heavy atom. The molecule has 142 valence electrons. The third-order valence-corrected chi connectivity index (χ3v) is 4.73. The van der Waals surface area contributed by atoms with Crippen LogP contribution in [0.2, 0.25) is 0 Å². The number of aromatic amines is 1. The number of hydrogen-bond acceptors (Lipinski definition) is 3. The summed E-state index contributed by atoms with van der Waals surface area (Å²) in [7, 11) is 2.09. The molecule has 2 aromatic carbocycles. The van der Waals surface area contributed by atoms with Crippen molar-refractivity contribution in [3.05, 3.63) is 59.9 Å². The Labute approximate surface area is 160 Å². The van der Waals surface area contributed by atoms with E-state index in [4.69, 9.17) is 0 Å². The van der Waals surface area contributed by atoms with Crippen LogP contribution in [-0.4, -0.2) is 36.0 Å². The van der Waals surface area contributed by atoms with E-state index < -0.39 is 0 Å². The summed E-state index contributed by atoms with van der Waals surface area (Å²) in [5, 5.41) is 2.99. The summed E-state index contributed by atoms with van der Waals surface area (Å²) in [4.78, 5) is 22.4.